The van der Waals surface area contributed by atoms with Gasteiger partial charge in [0.1, 0.15) is 11.4 Å². The van der Waals surface area contributed by atoms with Crippen LogP contribution >= 0.6 is 0 Å². The quantitative estimate of drug-likeness (QED) is 0.561. The summed E-state index contributed by atoms with van der Waals surface area (Å²) in [5.41, 5.74) is 3.29. The Morgan fingerprint density at radius 3 is 2.50 bits per heavy atom. The lowest BCUT2D eigenvalue weighted by molar-refractivity contribution is 0.0697. The fourth-order valence-electron chi connectivity index (χ4n) is 4.00. The number of benzene rings is 2. The highest BCUT2D eigenvalue weighted by atomic mass is 32.2. The van der Waals surface area contributed by atoms with Crippen molar-refractivity contribution in [1.82, 2.24) is 4.98 Å². The summed E-state index contributed by atoms with van der Waals surface area (Å²) in [5, 5.41) is 9.71. The van der Waals surface area contributed by atoms with Crippen LogP contribution in [0.25, 0.3) is 0 Å². The lowest BCUT2D eigenvalue weighted by Gasteiger charge is -2.21. The standard InChI is InChI=1S/C24H25N3O4S/c1-27(16-17-7-3-2-4-8-17)23-22(24(28)29)14-20(15-25-23)26-32(30,31)21-12-11-18-9-5-6-10-19(18)13-21/h2-4,7-8,11-15,26H,5-6,9-10,16H2,1H3,(H,28,29). The number of aryl methyl sites for hydroxylation is 2. The molecule has 0 bridgehead atoms. The maximum absolute atomic E-state index is 12.9. The van der Waals surface area contributed by atoms with E-state index in [2.05, 4.69) is 9.71 Å². The molecule has 2 N–H and O–H groups in total. The molecule has 2 aromatic carbocycles. The lowest BCUT2D eigenvalue weighted by Crippen LogP contribution is -2.21. The van der Waals surface area contributed by atoms with Crippen LogP contribution in [0.3, 0.4) is 0 Å². The van der Waals surface area contributed by atoms with Gasteiger partial charge in [0.15, 0.2) is 0 Å². The van der Waals surface area contributed by atoms with Gasteiger partial charge in [-0.3, -0.25) is 4.72 Å². The molecule has 0 saturated heterocycles. The third kappa shape index (κ3) is 4.75. The molecule has 0 spiro atoms. The molecule has 166 valence electrons. The molecule has 1 aliphatic rings. The number of pyridine rings is 1. The number of nitrogens with one attached hydrogen (secondary N) is 1. The monoisotopic (exact) mass is 451 g/mol. The van der Waals surface area contributed by atoms with Crippen molar-refractivity contribution in [3.8, 4) is 0 Å². The Morgan fingerprint density at radius 2 is 1.78 bits per heavy atom. The van der Waals surface area contributed by atoms with Gasteiger partial charge in [-0.1, -0.05) is 36.4 Å². The maximum atomic E-state index is 12.9. The van der Waals surface area contributed by atoms with Crippen molar-refractivity contribution in [2.45, 2.75) is 37.1 Å². The number of fused-ring (bicyclic) bond motifs is 1. The second kappa shape index (κ2) is 9.00. The van der Waals surface area contributed by atoms with Gasteiger partial charge in [0.25, 0.3) is 10.0 Å². The van der Waals surface area contributed by atoms with E-state index in [0.29, 0.717) is 6.54 Å². The summed E-state index contributed by atoms with van der Waals surface area (Å²) in [5.74, 6) is -0.916. The van der Waals surface area contributed by atoms with E-state index in [4.69, 9.17) is 0 Å². The first kappa shape index (κ1) is 21.8. The van der Waals surface area contributed by atoms with E-state index < -0.39 is 16.0 Å². The molecule has 4 rings (SSSR count). The van der Waals surface area contributed by atoms with Gasteiger partial charge in [-0.15, -0.1) is 0 Å². The Morgan fingerprint density at radius 1 is 1.06 bits per heavy atom. The van der Waals surface area contributed by atoms with Crippen LogP contribution in [-0.4, -0.2) is 31.5 Å². The van der Waals surface area contributed by atoms with Crippen LogP contribution in [0.4, 0.5) is 11.5 Å². The molecule has 8 heteroatoms. The van der Waals surface area contributed by atoms with E-state index in [1.165, 1.54) is 17.8 Å². The van der Waals surface area contributed by atoms with Crippen molar-refractivity contribution >= 4 is 27.5 Å². The van der Waals surface area contributed by atoms with Crippen LogP contribution in [0, 0.1) is 0 Å². The SMILES string of the molecule is CN(Cc1ccccc1)c1ncc(NS(=O)(=O)c2ccc3c(c2)CCCC3)cc1C(=O)O. The molecule has 0 fully saturated rings. The Balaban J connectivity index is 1.59. The third-order valence-corrected chi connectivity index (χ3v) is 6.98. The first-order valence-electron chi connectivity index (χ1n) is 10.5. The number of carboxylic acid groups (broad SMARTS) is 1. The van der Waals surface area contributed by atoms with Crippen LogP contribution < -0.4 is 9.62 Å². The van der Waals surface area contributed by atoms with Gasteiger partial charge < -0.3 is 10.0 Å². The van der Waals surface area contributed by atoms with Crippen LogP contribution in [-0.2, 0) is 29.4 Å². The number of hydrogen-bond acceptors (Lipinski definition) is 5. The first-order chi connectivity index (χ1) is 15.3. The zero-order chi connectivity index (χ0) is 22.7. The molecule has 1 aromatic heterocycles. The van der Waals surface area contributed by atoms with Crippen molar-refractivity contribution in [2.24, 2.45) is 0 Å². The predicted octanol–water partition coefficient (Wildman–Crippen LogP) is 4.10. The summed E-state index contributed by atoms with van der Waals surface area (Å²) < 4.78 is 28.3. The maximum Gasteiger partial charge on any atom is 0.339 e. The van der Waals surface area contributed by atoms with E-state index >= 15 is 0 Å². The van der Waals surface area contributed by atoms with Gasteiger partial charge in [-0.2, -0.15) is 0 Å². The van der Waals surface area contributed by atoms with Crippen LogP contribution in [0.1, 0.15) is 39.9 Å². The van der Waals surface area contributed by atoms with E-state index in [0.717, 1.165) is 36.8 Å². The van der Waals surface area contributed by atoms with Gasteiger partial charge in [0.05, 0.1) is 16.8 Å². The fraction of sp³-hybridized carbons (Fsp3) is 0.250. The molecule has 0 amide bonds. The number of rotatable bonds is 7. The molecule has 0 atom stereocenters. The highest BCUT2D eigenvalue weighted by molar-refractivity contribution is 7.92. The number of carboxylic acids is 1. The number of anilines is 2. The Bertz CT molecular complexity index is 1240. The fourth-order valence-corrected chi connectivity index (χ4v) is 5.08. The first-order valence-corrected chi connectivity index (χ1v) is 11.9. The molecule has 0 unspecified atom stereocenters. The molecular weight excluding hydrogens is 426 g/mol. The highest BCUT2D eigenvalue weighted by Gasteiger charge is 2.21. The zero-order valence-electron chi connectivity index (χ0n) is 17.8. The second-order valence-electron chi connectivity index (χ2n) is 7.99. The number of carbonyl (C=O) groups is 1. The minimum atomic E-state index is -3.87. The molecule has 1 aliphatic carbocycles. The Labute approximate surface area is 187 Å². The summed E-state index contributed by atoms with van der Waals surface area (Å²) in [6, 6.07) is 16.1. The van der Waals surface area contributed by atoms with E-state index in [1.807, 2.05) is 36.4 Å². The second-order valence-corrected chi connectivity index (χ2v) is 9.67. The van der Waals surface area contributed by atoms with Gasteiger partial charge in [-0.05, 0) is 60.6 Å². The molecular formula is C24H25N3O4S. The molecule has 0 aliphatic heterocycles. The number of nitrogens with zero attached hydrogens (tertiary/aromatic N) is 2. The van der Waals surface area contributed by atoms with Crippen LogP contribution in [0.15, 0.2) is 65.7 Å². The summed E-state index contributed by atoms with van der Waals surface area (Å²) >= 11 is 0. The van der Waals surface area contributed by atoms with Gasteiger partial charge in [0.2, 0.25) is 0 Å². The van der Waals surface area contributed by atoms with Gasteiger partial charge in [-0.25, -0.2) is 18.2 Å². The Hall–Kier alpha value is -3.39. The predicted molar refractivity (Wildman–Crippen MR) is 124 cm³/mol. The molecule has 32 heavy (non-hydrogen) atoms. The summed E-state index contributed by atoms with van der Waals surface area (Å²) in [6.45, 7) is 0.467. The van der Waals surface area contributed by atoms with E-state index in [-0.39, 0.29) is 22.0 Å². The van der Waals surface area contributed by atoms with E-state index in [9.17, 15) is 18.3 Å². The summed E-state index contributed by atoms with van der Waals surface area (Å²) in [7, 11) is -2.12. The van der Waals surface area contributed by atoms with Crippen molar-refractivity contribution in [1.29, 1.82) is 0 Å². The molecule has 0 radical (unpaired) electrons. The number of hydrogen-bond donors (Lipinski definition) is 2. The molecule has 7 nitrogen and oxygen atoms in total. The van der Waals surface area contributed by atoms with Crippen LogP contribution in [0.2, 0.25) is 0 Å². The molecule has 1 heterocycles. The number of aromatic carboxylic acids is 1. The summed E-state index contributed by atoms with van der Waals surface area (Å²) in [6.07, 6.45) is 5.35. The normalized spacial score (nSPS) is 13.3. The average Bonchev–Trinajstić information content (AvgIpc) is 2.79. The van der Waals surface area contributed by atoms with Gasteiger partial charge >= 0.3 is 5.97 Å². The lowest BCUT2D eigenvalue weighted by atomic mass is 9.92. The molecule has 0 saturated carbocycles. The topological polar surface area (TPSA) is 99.6 Å². The smallest absolute Gasteiger partial charge is 0.339 e. The van der Waals surface area contributed by atoms with E-state index in [1.54, 1.807) is 24.1 Å². The van der Waals surface area contributed by atoms with Crippen molar-refractivity contribution in [2.75, 3.05) is 16.7 Å². The minimum Gasteiger partial charge on any atom is -0.478 e. The number of sulfonamides is 1. The van der Waals surface area contributed by atoms with Crippen molar-refractivity contribution in [3.63, 3.8) is 0 Å². The third-order valence-electron chi connectivity index (χ3n) is 5.60. The van der Waals surface area contributed by atoms with Crippen molar-refractivity contribution in [3.05, 3.63) is 83.0 Å². The van der Waals surface area contributed by atoms with Crippen LogP contribution in [0.5, 0.6) is 0 Å². The highest BCUT2D eigenvalue weighted by Crippen LogP contribution is 2.27. The van der Waals surface area contributed by atoms with Gasteiger partial charge in [0, 0.05) is 13.6 Å². The zero-order valence-corrected chi connectivity index (χ0v) is 18.6. The van der Waals surface area contributed by atoms with Crippen molar-refractivity contribution < 1.29 is 18.3 Å². The largest absolute Gasteiger partial charge is 0.478 e. The minimum absolute atomic E-state index is 0.0749. The molecule has 3 aromatic rings. The Kier molecular flexibility index (Phi) is 6.14. The number of aromatic nitrogens is 1. The average molecular weight is 452 g/mol. The summed E-state index contributed by atoms with van der Waals surface area (Å²) in [4.78, 5) is 18.0.